The molecule has 1 atom stereocenters. The number of rotatable bonds is 2. The van der Waals surface area contributed by atoms with Crippen molar-refractivity contribution in [2.24, 2.45) is 0 Å². The van der Waals surface area contributed by atoms with Gasteiger partial charge >= 0.3 is 0 Å². The van der Waals surface area contributed by atoms with Gasteiger partial charge in [-0.15, -0.1) is 12.4 Å². The van der Waals surface area contributed by atoms with Crippen LogP contribution in [0.4, 0.5) is 0 Å². The van der Waals surface area contributed by atoms with Crippen LogP contribution >= 0.6 is 12.4 Å². The van der Waals surface area contributed by atoms with Crippen molar-refractivity contribution in [1.29, 1.82) is 0 Å². The van der Waals surface area contributed by atoms with Crippen molar-refractivity contribution in [1.82, 2.24) is 14.8 Å². The fourth-order valence-corrected chi connectivity index (χ4v) is 3.19. The van der Waals surface area contributed by atoms with Crippen LogP contribution in [-0.2, 0) is 0 Å². The van der Waals surface area contributed by atoms with Gasteiger partial charge in [0.25, 0.3) is 5.91 Å². The van der Waals surface area contributed by atoms with Gasteiger partial charge in [0.15, 0.2) is 0 Å². The second kappa shape index (κ2) is 5.78. The van der Waals surface area contributed by atoms with Crippen LogP contribution in [0.1, 0.15) is 47.6 Å². The first kappa shape index (κ1) is 15.4. The normalized spacial score (nSPS) is 22.6. The fourth-order valence-electron chi connectivity index (χ4n) is 3.19. The Morgan fingerprint density at radius 1 is 1.35 bits per heavy atom. The number of hydrogen-bond acceptors (Lipinski definition) is 2. The quantitative estimate of drug-likeness (QED) is 0.909. The molecule has 1 aliphatic carbocycles. The van der Waals surface area contributed by atoms with Crippen molar-refractivity contribution in [3.8, 4) is 0 Å². The number of halogens is 1. The molecule has 2 fully saturated rings. The first-order chi connectivity index (χ1) is 9.09. The summed E-state index contributed by atoms with van der Waals surface area (Å²) < 4.78 is 2.35. The highest BCUT2D eigenvalue weighted by atomic mass is 35.5. The minimum Gasteiger partial charge on any atom is -0.345 e. The lowest BCUT2D eigenvalue weighted by Gasteiger charge is -2.34. The molecule has 0 aromatic carbocycles. The van der Waals surface area contributed by atoms with Crippen molar-refractivity contribution >= 4 is 18.3 Å². The summed E-state index contributed by atoms with van der Waals surface area (Å²) in [6, 6.07) is 3.00. The molecule has 3 rings (SSSR count). The number of aryl methyl sites for hydroxylation is 1. The van der Waals surface area contributed by atoms with E-state index >= 15 is 0 Å². The zero-order valence-corrected chi connectivity index (χ0v) is 13.3. The summed E-state index contributed by atoms with van der Waals surface area (Å²) in [5, 5.41) is 3.33. The average molecular weight is 298 g/mol. The maximum absolute atomic E-state index is 12.7. The van der Waals surface area contributed by atoms with Crippen LogP contribution in [0.15, 0.2) is 6.07 Å². The van der Waals surface area contributed by atoms with Crippen LogP contribution < -0.4 is 5.32 Å². The summed E-state index contributed by atoms with van der Waals surface area (Å²) in [6.45, 7) is 8.93. The van der Waals surface area contributed by atoms with Gasteiger partial charge in [0.05, 0.1) is 5.56 Å². The zero-order chi connectivity index (χ0) is 13.6. The van der Waals surface area contributed by atoms with Crippen molar-refractivity contribution in [2.45, 2.75) is 45.7 Å². The van der Waals surface area contributed by atoms with E-state index in [1.54, 1.807) is 0 Å². The predicted octanol–water partition coefficient (Wildman–Crippen LogP) is 2.30. The van der Waals surface area contributed by atoms with E-state index in [0.717, 1.165) is 30.9 Å². The van der Waals surface area contributed by atoms with Gasteiger partial charge < -0.3 is 14.8 Å². The van der Waals surface area contributed by atoms with Crippen LogP contribution in [0.3, 0.4) is 0 Å². The summed E-state index contributed by atoms with van der Waals surface area (Å²) in [5.74, 6) is 0.203. The highest BCUT2D eigenvalue weighted by Gasteiger charge is 2.31. The van der Waals surface area contributed by atoms with E-state index in [0.29, 0.717) is 6.04 Å². The van der Waals surface area contributed by atoms with Gasteiger partial charge in [0, 0.05) is 43.1 Å². The molecule has 1 saturated heterocycles. The number of nitrogens with zero attached hydrogens (tertiary/aromatic N) is 2. The minimum absolute atomic E-state index is 0. The first-order valence-corrected chi connectivity index (χ1v) is 7.29. The number of hydrogen-bond donors (Lipinski definition) is 1. The summed E-state index contributed by atoms with van der Waals surface area (Å²) in [6.07, 6.45) is 2.52. The van der Waals surface area contributed by atoms with Crippen LogP contribution in [0.5, 0.6) is 0 Å². The monoisotopic (exact) mass is 297 g/mol. The molecule has 2 heterocycles. The lowest BCUT2D eigenvalue weighted by Crippen LogP contribution is -2.52. The molecule has 112 valence electrons. The fraction of sp³-hybridized carbons (Fsp3) is 0.667. The Labute approximate surface area is 126 Å². The molecule has 0 unspecified atom stereocenters. The topological polar surface area (TPSA) is 37.3 Å². The van der Waals surface area contributed by atoms with Gasteiger partial charge in [-0.25, -0.2) is 0 Å². The SMILES string of the molecule is Cc1cc(C(=O)N2CCNC[C@H]2C)c(C)n1C1CC1.Cl. The molecule has 1 N–H and O–H groups in total. The van der Waals surface area contributed by atoms with Gasteiger partial charge in [0.1, 0.15) is 0 Å². The number of aromatic nitrogens is 1. The summed E-state index contributed by atoms with van der Waals surface area (Å²) in [7, 11) is 0. The number of piperazine rings is 1. The Hall–Kier alpha value is -1.000. The molecule has 0 spiro atoms. The average Bonchev–Trinajstić information content (AvgIpc) is 3.16. The number of carbonyl (C=O) groups excluding carboxylic acids is 1. The van der Waals surface area contributed by atoms with Gasteiger partial charge in [-0.1, -0.05) is 0 Å². The second-order valence-corrected chi connectivity index (χ2v) is 5.94. The number of amides is 1. The Bertz CT molecular complexity index is 507. The standard InChI is InChI=1S/C15H23N3O.ClH/c1-10-8-14(12(3)18(10)13-4-5-13)15(19)17-7-6-16-9-11(17)2;/h8,11,13,16H,4-7,9H2,1-3H3;1H/t11-;/m1./s1. The van der Waals surface area contributed by atoms with Gasteiger partial charge in [-0.3, -0.25) is 4.79 Å². The lowest BCUT2D eigenvalue weighted by molar-refractivity contribution is 0.0655. The van der Waals surface area contributed by atoms with Crippen molar-refractivity contribution in [3.63, 3.8) is 0 Å². The lowest BCUT2D eigenvalue weighted by atomic mass is 10.1. The molecule has 4 nitrogen and oxygen atoms in total. The van der Waals surface area contributed by atoms with E-state index in [9.17, 15) is 4.79 Å². The van der Waals surface area contributed by atoms with Gasteiger partial charge in [-0.2, -0.15) is 0 Å². The van der Waals surface area contributed by atoms with Crippen molar-refractivity contribution < 1.29 is 4.79 Å². The maximum atomic E-state index is 12.7. The summed E-state index contributed by atoms with van der Waals surface area (Å²) >= 11 is 0. The van der Waals surface area contributed by atoms with Crippen LogP contribution in [0, 0.1) is 13.8 Å². The summed E-state index contributed by atoms with van der Waals surface area (Å²) in [5.41, 5.74) is 3.28. The third-order valence-corrected chi connectivity index (χ3v) is 4.39. The molecule has 1 aromatic heterocycles. The molecule has 1 aromatic rings. The second-order valence-electron chi connectivity index (χ2n) is 5.94. The van der Waals surface area contributed by atoms with Crippen LogP contribution in [0.25, 0.3) is 0 Å². The largest absolute Gasteiger partial charge is 0.345 e. The van der Waals surface area contributed by atoms with Crippen LogP contribution in [0.2, 0.25) is 0 Å². The first-order valence-electron chi connectivity index (χ1n) is 7.29. The molecule has 0 radical (unpaired) electrons. The minimum atomic E-state index is 0. The van der Waals surface area contributed by atoms with E-state index < -0.39 is 0 Å². The third-order valence-electron chi connectivity index (χ3n) is 4.39. The van der Waals surface area contributed by atoms with Gasteiger partial charge in [-0.05, 0) is 39.7 Å². The molecule has 20 heavy (non-hydrogen) atoms. The maximum Gasteiger partial charge on any atom is 0.256 e. The Balaban J connectivity index is 0.00000147. The molecule has 0 bridgehead atoms. The summed E-state index contributed by atoms with van der Waals surface area (Å²) in [4.78, 5) is 14.7. The van der Waals surface area contributed by atoms with E-state index in [4.69, 9.17) is 0 Å². The number of carbonyl (C=O) groups is 1. The Morgan fingerprint density at radius 3 is 2.65 bits per heavy atom. The molecule has 2 aliphatic rings. The molecular formula is C15H24ClN3O. The zero-order valence-electron chi connectivity index (χ0n) is 12.5. The molecule has 5 heteroatoms. The van der Waals surface area contributed by atoms with Crippen molar-refractivity contribution in [3.05, 3.63) is 23.0 Å². The third kappa shape index (κ3) is 2.59. The Kier molecular flexibility index (Phi) is 4.45. The van der Waals surface area contributed by atoms with E-state index in [1.807, 2.05) is 4.90 Å². The predicted molar refractivity (Wildman–Crippen MR) is 82.8 cm³/mol. The van der Waals surface area contributed by atoms with Crippen LogP contribution in [-0.4, -0.2) is 41.1 Å². The van der Waals surface area contributed by atoms with E-state index in [1.165, 1.54) is 18.5 Å². The highest BCUT2D eigenvalue weighted by molar-refractivity contribution is 5.96. The molecule has 1 saturated carbocycles. The van der Waals surface area contributed by atoms with Gasteiger partial charge in [0.2, 0.25) is 0 Å². The molecular weight excluding hydrogens is 274 g/mol. The van der Waals surface area contributed by atoms with E-state index in [-0.39, 0.29) is 24.4 Å². The van der Waals surface area contributed by atoms with Crippen molar-refractivity contribution in [2.75, 3.05) is 19.6 Å². The molecule has 1 amide bonds. The Morgan fingerprint density at radius 2 is 2.05 bits per heavy atom. The smallest absolute Gasteiger partial charge is 0.256 e. The number of nitrogens with one attached hydrogen (secondary N) is 1. The van der Waals surface area contributed by atoms with E-state index in [2.05, 4.69) is 36.7 Å². The molecule has 1 aliphatic heterocycles. The highest BCUT2D eigenvalue weighted by Crippen LogP contribution is 2.38.